The first kappa shape index (κ1) is 13.1. The molecule has 0 aliphatic rings. The number of aryl methyl sites for hydroxylation is 1. The Morgan fingerprint density at radius 3 is 2.90 bits per heavy atom. The number of rotatable bonds is 4. The van der Waals surface area contributed by atoms with Gasteiger partial charge in [0, 0.05) is 11.8 Å². The average molecular weight is 282 g/mol. The van der Waals surface area contributed by atoms with Crippen LogP contribution in [0, 0.1) is 6.92 Å². The fourth-order valence-corrected chi connectivity index (χ4v) is 1.93. The highest BCUT2D eigenvalue weighted by molar-refractivity contribution is 5.60. The van der Waals surface area contributed by atoms with Crippen LogP contribution < -0.4 is 4.74 Å². The third-order valence-electron chi connectivity index (χ3n) is 2.90. The van der Waals surface area contributed by atoms with E-state index in [9.17, 15) is 0 Å². The second kappa shape index (κ2) is 5.62. The van der Waals surface area contributed by atoms with Crippen molar-refractivity contribution in [3.8, 4) is 17.1 Å². The molecule has 3 rings (SSSR count). The fraction of sp³-hybridized carbons (Fsp3) is 0.133. The number of benzene rings is 1. The minimum Gasteiger partial charge on any atom is -0.497 e. The van der Waals surface area contributed by atoms with Crippen molar-refractivity contribution in [3.63, 3.8) is 0 Å². The highest BCUT2D eigenvalue weighted by Crippen LogP contribution is 2.23. The van der Waals surface area contributed by atoms with Crippen molar-refractivity contribution in [1.29, 1.82) is 0 Å². The van der Waals surface area contributed by atoms with E-state index in [1.54, 1.807) is 36.7 Å². The number of ether oxygens (including phenoxy) is 1. The summed E-state index contributed by atoms with van der Waals surface area (Å²) in [4.78, 5) is 8.30. The zero-order valence-electron chi connectivity index (χ0n) is 11.7. The smallest absolute Gasteiger partial charge is 0.181 e. The second-order valence-electron chi connectivity index (χ2n) is 4.52. The molecule has 1 aromatic carbocycles. The van der Waals surface area contributed by atoms with Crippen LogP contribution in [-0.2, 0) is 0 Å². The Hall–Kier alpha value is -2.89. The molecule has 6 nitrogen and oxygen atoms in total. The number of aromatic nitrogens is 4. The van der Waals surface area contributed by atoms with E-state index in [4.69, 9.17) is 9.15 Å². The molecular formula is C15H14N4O2. The van der Waals surface area contributed by atoms with Crippen molar-refractivity contribution in [2.75, 3.05) is 7.11 Å². The predicted molar refractivity (Wildman–Crippen MR) is 78.5 cm³/mol. The molecule has 0 atom stereocenters. The molecule has 0 bridgehead atoms. The lowest BCUT2D eigenvalue weighted by Gasteiger charge is -2.03. The average Bonchev–Trinajstić information content (AvgIpc) is 3.15. The molecule has 0 aliphatic carbocycles. The molecule has 0 fully saturated rings. The number of oxazole rings is 1. The number of methoxy groups -OCH3 is 1. The molecule has 0 unspecified atom stereocenters. The van der Waals surface area contributed by atoms with Gasteiger partial charge < -0.3 is 9.15 Å². The van der Waals surface area contributed by atoms with Crippen molar-refractivity contribution >= 4 is 12.3 Å². The van der Waals surface area contributed by atoms with E-state index in [2.05, 4.69) is 15.1 Å². The first-order valence-corrected chi connectivity index (χ1v) is 6.38. The number of hydrogen-bond donors (Lipinski definition) is 0. The lowest BCUT2D eigenvalue weighted by atomic mass is 10.1. The van der Waals surface area contributed by atoms with Crippen LogP contribution in [-0.4, -0.2) is 26.9 Å². The molecule has 3 aromatic rings. The summed E-state index contributed by atoms with van der Waals surface area (Å²) < 4.78 is 11.8. The van der Waals surface area contributed by atoms with E-state index in [1.165, 1.54) is 6.39 Å². The standard InChI is InChI=1S/C15H14N4O2/c1-11-5-12(7-14(6-11)20-2)15-16-9-19(18-15)4-3-13-8-21-10-17-13/h3-10H,1-2H3/b4-3-. The molecule has 106 valence electrons. The van der Waals surface area contributed by atoms with Crippen molar-refractivity contribution in [2.45, 2.75) is 6.92 Å². The predicted octanol–water partition coefficient (Wildman–Crippen LogP) is 2.88. The summed E-state index contributed by atoms with van der Waals surface area (Å²) in [7, 11) is 1.64. The Labute approximate surface area is 121 Å². The van der Waals surface area contributed by atoms with Crippen LogP contribution >= 0.6 is 0 Å². The highest BCUT2D eigenvalue weighted by atomic mass is 16.5. The summed E-state index contributed by atoms with van der Waals surface area (Å²) in [5.74, 6) is 1.43. The van der Waals surface area contributed by atoms with Crippen LogP contribution in [0.1, 0.15) is 11.3 Å². The summed E-state index contributed by atoms with van der Waals surface area (Å²) >= 11 is 0. The molecule has 0 saturated carbocycles. The van der Waals surface area contributed by atoms with Crippen molar-refractivity contribution in [1.82, 2.24) is 19.7 Å². The first-order valence-electron chi connectivity index (χ1n) is 6.38. The monoisotopic (exact) mass is 282 g/mol. The van der Waals surface area contributed by atoms with Crippen LogP contribution in [0.2, 0.25) is 0 Å². The minimum atomic E-state index is 0.641. The molecule has 0 aliphatic heterocycles. The summed E-state index contributed by atoms with van der Waals surface area (Å²) in [6, 6.07) is 5.89. The molecule has 0 amide bonds. The molecule has 21 heavy (non-hydrogen) atoms. The fourth-order valence-electron chi connectivity index (χ4n) is 1.93. The summed E-state index contributed by atoms with van der Waals surface area (Å²) in [6.45, 7) is 2.01. The maximum Gasteiger partial charge on any atom is 0.181 e. The lowest BCUT2D eigenvalue weighted by Crippen LogP contribution is -1.90. The highest BCUT2D eigenvalue weighted by Gasteiger charge is 2.06. The Bertz CT molecular complexity index is 760. The Balaban J connectivity index is 1.86. The molecule has 0 spiro atoms. The zero-order valence-corrected chi connectivity index (χ0v) is 11.7. The van der Waals surface area contributed by atoms with Crippen molar-refractivity contribution < 1.29 is 9.15 Å². The van der Waals surface area contributed by atoms with Gasteiger partial charge in [-0.25, -0.2) is 14.6 Å². The lowest BCUT2D eigenvalue weighted by molar-refractivity contribution is 0.414. The molecule has 0 saturated heterocycles. The summed E-state index contributed by atoms with van der Waals surface area (Å²) in [5, 5.41) is 4.40. The van der Waals surface area contributed by atoms with Gasteiger partial charge in [0.15, 0.2) is 12.2 Å². The molecule has 6 heteroatoms. The largest absolute Gasteiger partial charge is 0.497 e. The van der Waals surface area contributed by atoms with Crippen molar-refractivity contribution in [3.05, 3.63) is 48.4 Å². The molecule has 0 radical (unpaired) electrons. The van der Waals surface area contributed by atoms with E-state index >= 15 is 0 Å². The summed E-state index contributed by atoms with van der Waals surface area (Å²) in [6.07, 6.45) is 8.13. The number of nitrogens with zero attached hydrogens (tertiary/aromatic N) is 4. The van der Waals surface area contributed by atoms with Crippen LogP contribution in [0.25, 0.3) is 23.7 Å². The maximum absolute atomic E-state index is 5.27. The van der Waals surface area contributed by atoms with Crippen molar-refractivity contribution in [2.24, 2.45) is 0 Å². The SMILES string of the molecule is COc1cc(C)cc(-c2ncn(/C=C\c3cocn3)n2)c1. The second-order valence-corrected chi connectivity index (χ2v) is 4.52. The Morgan fingerprint density at radius 2 is 2.14 bits per heavy atom. The van der Waals surface area contributed by atoms with E-state index in [0.717, 1.165) is 22.6 Å². The van der Waals surface area contributed by atoms with Gasteiger partial charge in [0.05, 0.1) is 7.11 Å². The molecule has 0 N–H and O–H groups in total. The van der Waals surface area contributed by atoms with Crippen LogP contribution in [0.4, 0.5) is 0 Å². The molecule has 2 aromatic heterocycles. The van der Waals surface area contributed by atoms with E-state index < -0.39 is 0 Å². The van der Waals surface area contributed by atoms with Gasteiger partial charge in [-0.15, -0.1) is 5.10 Å². The summed E-state index contributed by atoms with van der Waals surface area (Å²) in [5.41, 5.74) is 2.74. The van der Waals surface area contributed by atoms with E-state index in [-0.39, 0.29) is 0 Å². The Morgan fingerprint density at radius 1 is 1.24 bits per heavy atom. The number of hydrogen-bond acceptors (Lipinski definition) is 5. The third-order valence-corrected chi connectivity index (χ3v) is 2.90. The van der Waals surface area contributed by atoms with Crippen LogP contribution in [0.5, 0.6) is 5.75 Å². The topological polar surface area (TPSA) is 66.0 Å². The van der Waals surface area contributed by atoms with Gasteiger partial charge in [-0.05, 0) is 36.8 Å². The maximum atomic E-state index is 5.27. The van der Waals surface area contributed by atoms with Gasteiger partial charge in [-0.2, -0.15) is 0 Å². The van der Waals surface area contributed by atoms with Crippen LogP contribution in [0.3, 0.4) is 0 Å². The van der Waals surface area contributed by atoms with E-state index in [0.29, 0.717) is 5.82 Å². The molecular weight excluding hydrogens is 268 g/mol. The normalized spacial score (nSPS) is 11.1. The third kappa shape index (κ3) is 3.00. The van der Waals surface area contributed by atoms with E-state index in [1.807, 2.05) is 25.1 Å². The molecule has 2 heterocycles. The van der Waals surface area contributed by atoms with Gasteiger partial charge in [-0.3, -0.25) is 0 Å². The van der Waals surface area contributed by atoms with Crippen LogP contribution in [0.15, 0.2) is 41.6 Å². The zero-order chi connectivity index (χ0) is 14.7. The van der Waals surface area contributed by atoms with Gasteiger partial charge >= 0.3 is 0 Å². The minimum absolute atomic E-state index is 0.641. The van der Waals surface area contributed by atoms with Gasteiger partial charge in [-0.1, -0.05) is 0 Å². The quantitative estimate of drug-likeness (QED) is 0.736. The van der Waals surface area contributed by atoms with Gasteiger partial charge in [0.2, 0.25) is 0 Å². The Kier molecular flexibility index (Phi) is 3.51. The first-order chi connectivity index (χ1) is 10.2. The van der Waals surface area contributed by atoms with Gasteiger partial charge in [0.1, 0.15) is 24.0 Å². The van der Waals surface area contributed by atoms with Gasteiger partial charge in [0.25, 0.3) is 0 Å².